The van der Waals surface area contributed by atoms with E-state index < -0.39 is 0 Å². The number of halogens is 1. The van der Waals surface area contributed by atoms with E-state index in [1.54, 1.807) is 18.5 Å². The van der Waals surface area contributed by atoms with Crippen molar-refractivity contribution in [2.75, 3.05) is 32.1 Å². The van der Waals surface area contributed by atoms with Gasteiger partial charge in [-0.15, -0.1) is 0 Å². The fourth-order valence-electron chi connectivity index (χ4n) is 4.23. The minimum atomic E-state index is -0.291. The van der Waals surface area contributed by atoms with E-state index in [-0.39, 0.29) is 17.6 Å². The predicted octanol–water partition coefficient (Wildman–Crippen LogP) is 3.65. The topological polar surface area (TPSA) is 67.2 Å². The van der Waals surface area contributed by atoms with Crippen molar-refractivity contribution < 1.29 is 9.18 Å². The quantitative estimate of drug-likeness (QED) is 0.590. The molecule has 1 saturated heterocycles. The number of likely N-dealkylation sites (tertiary alicyclic amines) is 1. The summed E-state index contributed by atoms with van der Waals surface area (Å²) in [6, 6.07) is 6.51. The lowest BCUT2D eigenvalue weighted by atomic mass is 9.89. The first kappa shape index (κ1) is 21.9. The Labute approximate surface area is 187 Å². The number of nitrogens with zero attached hydrogens (tertiary/aromatic N) is 6. The molecule has 7 nitrogen and oxygen atoms in total. The van der Waals surface area contributed by atoms with Crippen LogP contribution in [0.3, 0.4) is 0 Å². The van der Waals surface area contributed by atoms with E-state index in [1.165, 1.54) is 12.1 Å². The Morgan fingerprint density at radius 1 is 1.28 bits per heavy atom. The molecule has 1 aromatic carbocycles. The molecule has 4 rings (SSSR count). The van der Waals surface area contributed by atoms with Crippen LogP contribution >= 0.6 is 0 Å². The van der Waals surface area contributed by atoms with Crippen LogP contribution in [0.15, 0.2) is 42.9 Å². The molecule has 1 amide bonds. The van der Waals surface area contributed by atoms with Crippen molar-refractivity contribution in [2.24, 2.45) is 0 Å². The van der Waals surface area contributed by atoms with Crippen LogP contribution in [0.4, 0.5) is 10.3 Å². The monoisotopic (exact) mass is 436 g/mol. The van der Waals surface area contributed by atoms with Gasteiger partial charge in [0.2, 0.25) is 11.9 Å². The van der Waals surface area contributed by atoms with Crippen molar-refractivity contribution >= 4 is 11.9 Å². The smallest absolute Gasteiger partial charge is 0.225 e. The Kier molecular flexibility index (Phi) is 6.48. The molecule has 0 N–H and O–H groups in total. The van der Waals surface area contributed by atoms with Crippen LogP contribution in [-0.4, -0.2) is 57.5 Å². The molecule has 0 bridgehead atoms. The minimum absolute atomic E-state index is 0.0719. The molecule has 1 fully saturated rings. The molecule has 8 heteroatoms. The second-order valence-electron chi connectivity index (χ2n) is 8.47. The maximum atomic E-state index is 13.9. The van der Waals surface area contributed by atoms with E-state index in [2.05, 4.69) is 9.97 Å². The number of carbonyl (C=O) groups is 1. The number of hydrogen-bond donors (Lipinski definition) is 0. The van der Waals surface area contributed by atoms with Crippen LogP contribution in [0.25, 0.3) is 11.1 Å². The summed E-state index contributed by atoms with van der Waals surface area (Å²) in [7, 11) is 3.80. The zero-order valence-electron chi connectivity index (χ0n) is 18.8. The van der Waals surface area contributed by atoms with Crippen molar-refractivity contribution in [3.05, 3.63) is 60.2 Å². The summed E-state index contributed by atoms with van der Waals surface area (Å²) in [4.78, 5) is 30.3. The first-order valence-corrected chi connectivity index (χ1v) is 11.0. The Balaban J connectivity index is 1.57. The highest BCUT2D eigenvalue weighted by molar-refractivity contribution is 5.76. The Morgan fingerprint density at radius 3 is 2.84 bits per heavy atom. The predicted molar refractivity (Wildman–Crippen MR) is 122 cm³/mol. The molecular formula is C24H29FN6O. The number of aromatic nitrogens is 4. The SMILES string of the molecule is Cc1nccn1CCC(=O)N1CCC[C@H](c2nc(N(C)C)ncc2-c2cccc(F)c2)C1. The fourth-order valence-corrected chi connectivity index (χ4v) is 4.23. The number of imidazole rings is 1. The maximum Gasteiger partial charge on any atom is 0.225 e. The first-order chi connectivity index (χ1) is 15.4. The number of hydrogen-bond acceptors (Lipinski definition) is 5. The average molecular weight is 437 g/mol. The van der Waals surface area contributed by atoms with Crippen LogP contribution in [0.5, 0.6) is 0 Å². The molecule has 1 atom stereocenters. The molecule has 0 aliphatic carbocycles. The molecule has 3 aromatic rings. The van der Waals surface area contributed by atoms with E-state index in [4.69, 9.17) is 4.98 Å². The van der Waals surface area contributed by atoms with Crippen LogP contribution in [0, 0.1) is 12.7 Å². The van der Waals surface area contributed by atoms with Gasteiger partial charge in [0.1, 0.15) is 11.6 Å². The highest BCUT2D eigenvalue weighted by Crippen LogP contribution is 2.34. The highest BCUT2D eigenvalue weighted by atomic mass is 19.1. The van der Waals surface area contributed by atoms with Gasteiger partial charge in [0.15, 0.2) is 0 Å². The lowest BCUT2D eigenvalue weighted by molar-refractivity contribution is -0.132. The Bertz CT molecular complexity index is 1100. The van der Waals surface area contributed by atoms with Gasteiger partial charge < -0.3 is 14.4 Å². The van der Waals surface area contributed by atoms with E-state index in [9.17, 15) is 9.18 Å². The summed E-state index contributed by atoms with van der Waals surface area (Å²) in [5, 5.41) is 0. The van der Waals surface area contributed by atoms with Crippen molar-refractivity contribution in [2.45, 2.75) is 38.6 Å². The van der Waals surface area contributed by atoms with Gasteiger partial charge in [0.05, 0.1) is 5.69 Å². The molecule has 32 heavy (non-hydrogen) atoms. The standard InChI is InChI=1S/C24H29FN6O/c1-17-26-10-13-30(17)12-9-22(32)31-11-5-7-19(16-31)23-21(15-27-24(28-23)29(2)3)18-6-4-8-20(25)14-18/h4,6,8,10,13-15,19H,5,7,9,11-12,16H2,1-3H3/t19-/m0/s1. The highest BCUT2D eigenvalue weighted by Gasteiger charge is 2.28. The Hall–Kier alpha value is -3.29. The molecule has 1 aliphatic heterocycles. The van der Waals surface area contributed by atoms with Crippen molar-refractivity contribution in [3.63, 3.8) is 0 Å². The number of carbonyl (C=O) groups excluding carboxylic acids is 1. The van der Waals surface area contributed by atoms with Crippen LogP contribution in [-0.2, 0) is 11.3 Å². The number of aryl methyl sites for hydroxylation is 2. The van der Waals surface area contributed by atoms with Gasteiger partial charge in [-0.05, 0) is 37.5 Å². The third-order valence-electron chi connectivity index (χ3n) is 5.99. The summed E-state index contributed by atoms with van der Waals surface area (Å²) < 4.78 is 15.9. The van der Waals surface area contributed by atoms with Gasteiger partial charge in [-0.3, -0.25) is 4.79 Å². The van der Waals surface area contributed by atoms with Crippen molar-refractivity contribution in [1.82, 2.24) is 24.4 Å². The molecule has 3 heterocycles. The zero-order valence-corrected chi connectivity index (χ0v) is 18.8. The molecular weight excluding hydrogens is 407 g/mol. The average Bonchev–Trinajstić information content (AvgIpc) is 3.21. The van der Waals surface area contributed by atoms with Gasteiger partial charge in [0, 0.05) is 70.2 Å². The first-order valence-electron chi connectivity index (χ1n) is 11.0. The number of rotatable bonds is 6. The van der Waals surface area contributed by atoms with Crippen LogP contribution < -0.4 is 4.90 Å². The van der Waals surface area contributed by atoms with Gasteiger partial charge in [-0.25, -0.2) is 19.3 Å². The fraction of sp³-hybridized carbons (Fsp3) is 0.417. The largest absolute Gasteiger partial charge is 0.347 e. The van der Waals surface area contributed by atoms with Gasteiger partial charge in [0.25, 0.3) is 0 Å². The summed E-state index contributed by atoms with van der Waals surface area (Å²) in [6.45, 7) is 3.92. The van der Waals surface area contributed by atoms with Gasteiger partial charge in [-0.1, -0.05) is 12.1 Å². The number of amides is 1. The second-order valence-corrected chi connectivity index (χ2v) is 8.47. The zero-order chi connectivity index (χ0) is 22.7. The molecule has 0 saturated carbocycles. The van der Waals surface area contributed by atoms with E-state index in [0.717, 1.165) is 42.0 Å². The third kappa shape index (κ3) is 4.79. The number of anilines is 1. The van der Waals surface area contributed by atoms with E-state index in [0.29, 0.717) is 25.5 Å². The summed E-state index contributed by atoms with van der Waals surface area (Å²) >= 11 is 0. The summed E-state index contributed by atoms with van der Waals surface area (Å²) in [5.41, 5.74) is 2.45. The Morgan fingerprint density at radius 2 is 2.12 bits per heavy atom. The minimum Gasteiger partial charge on any atom is -0.347 e. The van der Waals surface area contributed by atoms with E-state index >= 15 is 0 Å². The molecule has 0 unspecified atom stereocenters. The molecule has 2 aromatic heterocycles. The lowest BCUT2D eigenvalue weighted by Crippen LogP contribution is -2.39. The molecule has 0 radical (unpaired) electrons. The van der Waals surface area contributed by atoms with Crippen molar-refractivity contribution in [3.8, 4) is 11.1 Å². The third-order valence-corrected chi connectivity index (χ3v) is 5.99. The van der Waals surface area contributed by atoms with Crippen LogP contribution in [0.2, 0.25) is 0 Å². The molecule has 168 valence electrons. The van der Waals surface area contributed by atoms with Crippen LogP contribution in [0.1, 0.15) is 36.7 Å². The van der Waals surface area contributed by atoms with Crippen molar-refractivity contribution in [1.29, 1.82) is 0 Å². The molecule has 0 spiro atoms. The lowest BCUT2D eigenvalue weighted by Gasteiger charge is -2.33. The molecule has 1 aliphatic rings. The summed E-state index contributed by atoms with van der Waals surface area (Å²) in [5.74, 6) is 1.44. The van der Waals surface area contributed by atoms with Gasteiger partial charge in [-0.2, -0.15) is 0 Å². The summed E-state index contributed by atoms with van der Waals surface area (Å²) in [6.07, 6.45) is 7.70. The number of benzene rings is 1. The number of piperidine rings is 1. The van der Waals surface area contributed by atoms with E-state index in [1.807, 2.05) is 47.6 Å². The second kappa shape index (κ2) is 9.46. The van der Waals surface area contributed by atoms with Gasteiger partial charge >= 0.3 is 0 Å². The maximum absolute atomic E-state index is 13.9. The normalized spacial score (nSPS) is 16.2.